The summed E-state index contributed by atoms with van der Waals surface area (Å²) in [5.41, 5.74) is 0. The van der Waals surface area contributed by atoms with E-state index >= 15 is 0 Å². The molecule has 0 amide bonds. The standard InChI is InChI=1S/C14H26O3/c1-3-15-11-7-5-9-13(11)17-14-10-6-8-12(14)16-4-2/h11-14H,3-10H2,1-2H3. The summed E-state index contributed by atoms with van der Waals surface area (Å²) in [6, 6.07) is 0. The molecule has 3 nitrogen and oxygen atoms in total. The van der Waals surface area contributed by atoms with Crippen molar-refractivity contribution >= 4 is 0 Å². The molecule has 0 spiro atoms. The minimum absolute atomic E-state index is 0.306. The zero-order chi connectivity index (χ0) is 12.1. The third-order valence-corrected chi connectivity index (χ3v) is 3.89. The highest BCUT2D eigenvalue weighted by molar-refractivity contribution is 4.85. The van der Waals surface area contributed by atoms with Crippen molar-refractivity contribution in [3.63, 3.8) is 0 Å². The van der Waals surface area contributed by atoms with Crippen LogP contribution in [0.4, 0.5) is 0 Å². The number of ether oxygens (including phenoxy) is 3. The second kappa shape index (κ2) is 6.72. The van der Waals surface area contributed by atoms with Crippen LogP contribution in [0.1, 0.15) is 52.4 Å². The fourth-order valence-electron chi connectivity index (χ4n) is 3.13. The van der Waals surface area contributed by atoms with E-state index in [4.69, 9.17) is 14.2 Å². The van der Waals surface area contributed by atoms with Gasteiger partial charge in [0.2, 0.25) is 0 Å². The molecule has 0 aromatic heterocycles. The van der Waals surface area contributed by atoms with Crippen molar-refractivity contribution in [2.45, 2.75) is 76.8 Å². The molecule has 2 fully saturated rings. The van der Waals surface area contributed by atoms with Crippen molar-refractivity contribution in [3.8, 4) is 0 Å². The van der Waals surface area contributed by atoms with Crippen LogP contribution in [0.5, 0.6) is 0 Å². The van der Waals surface area contributed by atoms with E-state index in [2.05, 4.69) is 13.8 Å². The molecule has 0 bridgehead atoms. The summed E-state index contributed by atoms with van der Waals surface area (Å²) in [7, 11) is 0. The van der Waals surface area contributed by atoms with E-state index < -0.39 is 0 Å². The highest BCUT2D eigenvalue weighted by Gasteiger charge is 2.35. The van der Waals surface area contributed by atoms with E-state index in [1.165, 1.54) is 12.8 Å². The maximum absolute atomic E-state index is 6.25. The average Bonchev–Trinajstić information content (AvgIpc) is 2.92. The predicted molar refractivity (Wildman–Crippen MR) is 67.2 cm³/mol. The maximum atomic E-state index is 6.25. The van der Waals surface area contributed by atoms with Crippen LogP contribution < -0.4 is 0 Å². The second-order valence-electron chi connectivity index (χ2n) is 5.06. The smallest absolute Gasteiger partial charge is 0.0841 e. The van der Waals surface area contributed by atoms with Gasteiger partial charge in [0, 0.05) is 13.2 Å². The lowest BCUT2D eigenvalue weighted by molar-refractivity contribution is -0.121. The fraction of sp³-hybridized carbons (Fsp3) is 1.00. The first-order valence-electron chi connectivity index (χ1n) is 7.23. The predicted octanol–water partition coefficient (Wildman–Crippen LogP) is 2.92. The molecule has 0 aromatic carbocycles. The summed E-state index contributed by atoms with van der Waals surface area (Å²) in [6.45, 7) is 5.72. The van der Waals surface area contributed by atoms with Gasteiger partial charge in [-0.05, 0) is 52.4 Å². The molecular formula is C14H26O3. The largest absolute Gasteiger partial charge is 0.376 e. The third kappa shape index (κ3) is 3.43. The van der Waals surface area contributed by atoms with Gasteiger partial charge in [0.1, 0.15) is 0 Å². The van der Waals surface area contributed by atoms with E-state index in [9.17, 15) is 0 Å². The molecule has 4 unspecified atom stereocenters. The molecule has 2 aliphatic rings. The molecule has 0 N–H and O–H groups in total. The van der Waals surface area contributed by atoms with Crippen molar-refractivity contribution < 1.29 is 14.2 Å². The van der Waals surface area contributed by atoms with Gasteiger partial charge in [-0.15, -0.1) is 0 Å². The Balaban J connectivity index is 1.82. The van der Waals surface area contributed by atoms with Gasteiger partial charge in [0.25, 0.3) is 0 Å². The number of rotatable bonds is 6. The highest BCUT2D eigenvalue weighted by Crippen LogP contribution is 2.31. The van der Waals surface area contributed by atoms with Crippen LogP contribution in [0.2, 0.25) is 0 Å². The van der Waals surface area contributed by atoms with Crippen molar-refractivity contribution in [1.82, 2.24) is 0 Å². The monoisotopic (exact) mass is 242 g/mol. The molecule has 0 saturated heterocycles. The zero-order valence-corrected chi connectivity index (χ0v) is 11.2. The van der Waals surface area contributed by atoms with Crippen LogP contribution in [0, 0.1) is 0 Å². The Hall–Kier alpha value is -0.120. The molecule has 17 heavy (non-hydrogen) atoms. The minimum Gasteiger partial charge on any atom is -0.376 e. The van der Waals surface area contributed by atoms with Gasteiger partial charge >= 0.3 is 0 Å². The van der Waals surface area contributed by atoms with Crippen LogP contribution >= 0.6 is 0 Å². The van der Waals surface area contributed by atoms with Crippen molar-refractivity contribution in [2.75, 3.05) is 13.2 Å². The molecule has 3 heteroatoms. The normalized spacial score (nSPS) is 37.8. The molecule has 100 valence electrons. The maximum Gasteiger partial charge on any atom is 0.0841 e. The van der Waals surface area contributed by atoms with Crippen LogP contribution in [-0.2, 0) is 14.2 Å². The third-order valence-electron chi connectivity index (χ3n) is 3.89. The molecule has 2 rings (SSSR count). The molecule has 0 aromatic rings. The summed E-state index contributed by atoms with van der Waals surface area (Å²) in [5.74, 6) is 0. The summed E-state index contributed by atoms with van der Waals surface area (Å²) in [5, 5.41) is 0. The minimum atomic E-state index is 0.306. The lowest BCUT2D eigenvalue weighted by atomic mass is 10.2. The van der Waals surface area contributed by atoms with Crippen LogP contribution in [0.3, 0.4) is 0 Å². The molecular weight excluding hydrogens is 216 g/mol. The zero-order valence-electron chi connectivity index (χ0n) is 11.2. The molecule has 2 aliphatic carbocycles. The van der Waals surface area contributed by atoms with E-state index in [-0.39, 0.29) is 0 Å². The average molecular weight is 242 g/mol. The first-order valence-corrected chi connectivity index (χ1v) is 7.23. The SMILES string of the molecule is CCOC1CCCC1OC1CCCC1OCC. The van der Waals surface area contributed by atoms with Crippen LogP contribution in [0.15, 0.2) is 0 Å². The van der Waals surface area contributed by atoms with Gasteiger partial charge in [-0.2, -0.15) is 0 Å². The van der Waals surface area contributed by atoms with Crippen molar-refractivity contribution in [2.24, 2.45) is 0 Å². The summed E-state index contributed by atoms with van der Waals surface area (Å²) in [4.78, 5) is 0. The van der Waals surface area contributed by atoms with Gasteiger partial charge in [-0.3, -0.25) is 0 Å². The Morgan fingerprint density at radius 1 is 0.706 bits per heavy atom. The van der Waals surface area contributed by atoms with Gasteiger partial charge in [-0.1, -0.05) is 0 Å². The van der Waals surface area contributed by atoms with Crippen molar-refractivity contribution in [3.05, 3.63) is 0 Å². The molecule has 2 saturated carbocycles. The Morgan fingerprint density at radius 3 is 1.53 bits per heavy atom. The Morgan fingerprint density at radius 2 is 1.12 bits per heavy atom. The fourth-order valence-corrected chi connectivity index (χ4v) is 3.13. The van der Waals surface area contributed by atoms with Crippen LogP contribution in [0.25, 0.3) is 0 Å². The molecule has 0 radical (unpaired) electrons. The summed E-state index contributed by atoms with van der Waals surface area (Å²) in [6.07, 6.45) is 8.35. The first-order chi connectivity index (χ1) is 8.35. The van der Waals surface area contributed by atoms with E-state index in [0.717, 1.165) is 38.9 Å². The van der Waals surface area contributed by atoms with Gasteiger partial charge in [0.15, 0.2) is 0 Å². The first kappa shape index (κ1) is 13.3. The van der Waals surface area contributed by atoms with Crippen molar-refractivity contribution in [1.29, 1.82) is 0 Å². The topological polar surface area (TPSA) is 27.7 Å². The van der Waals surface area contributed by atoms with Gasteiger partial charge < -0.3 is 14.2 Å². The van der Waals surface area contributed by atoms with E-state index in [0.29, 0.717) is 24.4 Å². The summed E-state index contributed by atoms with van der Waals surface area (Å²) < 4.78 is 17.8. The quantitative estimate of drug-likeness (QED) is 0.717. The van der Waals surface area contributed by atoms with Crippen LogP contribution in [-0.4, -0.2) is 37.6 Å². The van der Waals surface area contributed by atoms with Gasteiger partial charge in [-0.25, -0.2) is 0 Å². The summed E-state index contributed by atoms with van der Waals surface area (Å²) >= 11 is 0. The highest BCUT2D eigenvalue weighted by atomic mass is 16.6. The Kier molecular flexibility index (Phi) is 5.26. The lowest BCUT2D eigenvalue weighted by Crippen LogP contribution is -2.35. The Bertz CT molecular complexity index is 198. The number of hydrogen-bond donors (Lipinski definition) is 0. The molecule has 4 atom stereocenters. The van der Waals surface area contributed by atoms with E-state index in [1.54, 1.807) is 0 Å². The lowest BCUT2D eigenvalue weighted by Gasteiger charge is -2.27. The van der Waals surface area contributed by atoms with Gasteiger partial charge in [0.05, 0.1) is 24.4 Å². The number of hydrogen-bond acceptors (Lipinski definition) is 3. The van der Waals surface area contributed by atoms with E-state index in [1.807, 2.05) is 0 Å². The molecule has 0 aliphatic heterocycles. The molecule has 0 heterocycles. The Labute approximate surface area is 105 Å². The second-order valence-corrected chi connectivity index (χ2v) is 5.06.